The van der Waals surface area contributed by atoms with Crippen molar-refractivity contribution in [3.63, 3.8) is 0 Å². The molecule has 3 aromatic carbocycles. The molecule has 8 nitrogen and oxygen atoms in total. The van der Waals surface area contributed by atoms with Crippen LogP contribution in [0.15, 0.2) is 78.9 Å². The number of aromatic carboxylic acids is 1. The fourth-order valence-electron chi connectivity index (χ4n) is 4.42. The highest BCUT2D eigenvalue weighted by Gasteiger charge is 2.30. The standard InChI is InChI=1S/C31H31F3N4O4/c32-31(33,34)42-27-19-14-24(15-20-27)21-41-28-7-3-2-6-25(28)16-11-22(5-1-4-8-29-35-37-38-36-29)9-10-23-12-17-26(18-13-23)30(39)40/h2-3,6-7,11-20,22H,1,4-5,8-10,21H2,(H,39,40)(H,35,36,37,38)/b16-11+. The van der Waals surface area contributed by atoms with E-state index in [4.69, 9.17) is 9.84 Å². The van der Waals surface area contributed by atoms with Crippen LogP contribution in [-0.4, -0.2) is 38.1 Å². The molecule has 1 atom stereocenters. The van der Waals surface area contributed by atoms with E-state index in [1.54, 1.807) is 12.1 Å². The Hall–Kier alpha value is -4.67. The third kappa shape index (κ3) is 10.1. The zero-order valence-electron chi connectivity index (χ0n) is 22.8. The molecule has 0 amide bonds. The van der Waals surface area contributed by atoms with Crippen LogP contribution in [0.3, 0.4) is 0 Å². The molecule has 0 spiro atoms. The molecule has 0 radical (unpaired) electrons. The number of benzene rings is 3. The number of aromatic nitrogens is 4. The molecule has 0 aliphatic heterocycles. The number of unbranched alkanes of at least 4 members (excludes halogenated alkanes) is 1. The summed E-state index contributed by atoms with van der Waals surface area (Å²) in [6.45, 7) is 0.184. The molecule has 1 unspecified atom stereocenters. The van der Waals surface area contributed by atoms with Crippen molar-refractivity contribution in [2.45, 2.75) is 51.5 Å². The number of carboxylic acid groups (broad SMARTS) is 1. The van der Waals surface area contributed by atoms with Crippen LogP contribution in [0.1, 0.15) is 58.6 Å². The predicted octanol–water partition coefficient (Wildman–Crippen LogP) is 7.05. The number of aromatic amines is 1. The summed E-state index contributed by atoms with van der Waals surface area (Å²) in [5.74, 6) is 0.371. The Bertz CT molecular complexity index is 1420. The minimum absolute atomic E-state index is 0.184. The van der Waals surface area contributed by atoms with Gasteiger partial charge in [-0.2, -0.15) is 5.21 Å². The molecule has 0 bridgehead atoms. The van der Waals surface area contributed by atoms with Crippen LogP contribution in [0.4, 0.5) is 13.2 Å². The summed E-state index contributed by atoms with van der Waals surface area (Å²) >= 11 is 0. The molecule has 42 heavy (non-hydrogen) atoms. The topological polar surface area (TPSA) is 110 Å². The Kier molecular flexibility index (Phi) is 10.7. The number of carboxylic acids is 1. The van der Waals surface area contributed by atoms with E-state index < -0.39 is 12.3 Å². The van der Waals surface area contributed by atoms with Crippen LogP contribution in [0, 0.1) is 5.92 Å². The van der Waals surface area contributed by atoms with Crippen molar-refractivity contribution < 1.29 is 32.5 Å². The van der Waals surface area contributed by atoms with E-state index in [2.05, 4.69) is 31.4 Å². The van der Waals surface area contributed by atoms with E-state index in [0.717, 1.165) is 49.7 Å². The van der Waals surface area contributed by atoms with Crippen LogP contribution in [0.5, 0.6) is 11.5 Å². The molecule has 4 rings (SSSR count). The predicted molar refractivity (Wildman–Crippen MR) is 150 cm³/mol. The number of hydrogen-bond donors (Lipinski definition) is 2. The normalized spacial score (nSPS) is 12.4. The van der Waals surface area contributed by atoms with E-state index in [-0.39, 0.29) is 23.8 Å². The number of nitrogens with one attached hydrogen (secondary N) is 1. The SMILES string of the molecule is O=C(O)c1ccc(CCC(/C=C/c2ccccc2OCc2ccc(OC(F)(F)F)cc2)CCCCc2nn[nH]n2)cc1. The fourth-order valence-corrected chi connectivity index (χ4v) is 4.42. The Morgan fingerprint density at radius 2 is 1.67 bits per heavy atom. The quantitative estimate of drug-likeness (QED) is 0.145. The summed E-state index contributed by atoms with van der Waals surface area (Å²) in [7, 11) is 0. The fraction of sp³-hybridized carbons (Fsp3) is 0.290. The van der Waals surface area contributed by atoms with Gasteiger partial charge in [-0.15, -0.1) is 23.4 Å². The molecular weight excluding hydrogens is 549 g/mol. The number of ether oxygens (including phenoxy) is 2. The number of nitrogens with zero attached hydrogens (tertiary/aromatic N) is 3. The van der Waals surface area contributed by atoms with E-state index in [0.29, 0.717) is 17.1 Å². The summed E-state index contributed by atoms with van der Waals surface area (Å²) in [6.07, 6.45) is 4.71. The smallest absolute Gasteiger partial charge is 0.488 e. The molecule has 0 saturated heterocycles. The Labute approximate surface area is 241 Å². The number of rotatable bonds is 15. The van der Waals surface area contributed by atoms with E-state index in [9.17, 15) is 18.0 Å². The number of hydrogen-bond acceptors (Lipinski definition) is 6. The number of H-pyrrole nitrogens is 1. The van der Waals surface area contributed by atoms with Crippen molar-refractivity contribution in [1.82, 2.24) is 20.6 Å². The minimum Gasteiger partial charge on any atom is -0.488 e. The first-order valence-electron chi connectivity index (χ1n) is 13.5. The van der Waals surface area contributed by atoms with Crippen molar-refractivity contribution in [3.8, 4) is 11.5 Å². The molecule has 220 valence electrons. The number of para-hydroxylation sites is 1. The third-order valence-electron chi connectivity index (χ3n) is 6.64. The van der Waals surface area contributed by atoms with Crippen LogP contribution in [0.25, 0.3) is 6.08 Å². The Balaban J connectivity index is 1.38. The summed E-state index contributed by atoms with van der Waals surface area (Å²) in [6, 6.07) is 20.1. The number of aryl methyl sites for hydroxylation is 2. The van der Waals surface area contributed by atoms with Crippen molar-refractivity contribution in [2.24, 2.45) is 5.92 Å². The second-order valence-electron chi connectivity index (χ2n) is 9.75. The molecule has 0 saturated carbocycles. The largest absolute Gasteiger partial charge is 0.573 e. The number of allylic oxidation sites excluding steroid dienone is 1. The van der Waals surface area contributed by atoms with Crippen molar-refractivity contribution in [1.29, 1.82) is 0 Å². The van der Waals surface area contributed by atoms with Gasteiger partial charge in [-0.3, -0.25) is 0 Å². The highest BCUT2D eigenvalue weighted by Crippen LogP contribution is 2.26. The van der Waals surface area contributed by atoms with Gasteiger partial charge in [-0.25, -0.2) is 4.79 Å². The summed E-state index contributed by atoms with van der Waals surface area (Å²) in [4.78, 5) is 11.2. The molecule has 1 aromatic heterocycles. The average molecular weight is 581 g/mol. The number of halogens is 3. The zero-order chi connectivity index (χ0) is 29.8. The highest BCUT2D eigenvalue weighted by atomic mass is 19.4. The van der Waals surface area contributed by atoms with Gasteiger partial charge >= 0.3 is 12.3 Å². The second kappa shape index (κ2) is 14.8. The summed E-state index contributed by atoms with van der Waals surface area (Å²) in [5.41, 5.74) is 2.92. The van der Waals surface area contributed by atoms with Crippen LogP contribution >= 0.6 is 0 Å². The molecule has 4 aromatic rings. The molecule has 0 aliphatic rings. The lowest BCUT2D eigenvalue weighted by Gasteiger charge is -2.14. The molecule has 2 N–H and O–H groups in total. The first-order valence-corrected chi connectivity index (χ1v) is 13.5. The van der Waals surface area contributed by atoms with Crippen LogP contribution < -0.4 is 9.47 Å². The monoisotopic (exact) mass is 580 g/mol. The Morgan fingerprint density at radius 3 is 2.36 bits per heavy atom. The maximum absolute atomic E-state index is 12.4. The summed E-state index contributed by atoms with van der Waals surface area (Å²) < 4.78 is 47.2. The van der Waals surface area contributed by atoms with Crippen molar-refractivity contribution >= 4 is 12.0 Å². The van der Waals surface area contributed by atoms with Gasteiger partial charge in [0.1, 0.15) is 18.1 Å². The van der Waals surface area contributed by atoms with E-state index in [1.165, 1.54) is 24.3 Å². The maximum atomic E-state index is 12.4. The van der Waals surface area contributed by atoms with Crippen LogP contribution in [-0.2, 0) is 19.4 Å². The second-order valence-corrected chi connectivity index (χ2v) is 9.75. The lowest BCUT2D eigenvalue weighted by atomic mass is 9.92. The lowest BCUT2D eigenvalue weighted by Crippen LogP contribution is -2.17. The van der Waals surface area contributed by atoms with E-state index >= 15 is 0 Å². The van der Waals surface area contributed by atoms with Crippen molar-refractivity contribution in [2.75, 3.05) is 0 Å². The Morgan fingerprint density at radius 1 is 0.929 bits per heavy atom. The maximum Gasteiger partial charge on any atom is 0.573 e. The van der Waals surface area contributed by atoms with Gasteiger partial charge in [-0.1, -0.05) is 66.3 Å². The summed E-state index contributed by atoms with van der Waals surface area (Å²) in [5, 5.41) is 23.2. The third-order valence-corrected chi connectivity index (χ3v) is 6.64. The van der Waals surface area contributed by atoms with Crippen LogP contribution in [0.2, 0.25) is 0 Å². The van der Waals surface area contributed by atoms with Gasteiger partial charge in [0.25, 0.3) is 0 Å². The lowest BCUT2D eigenvalue weighted by molar-refractivity contribution is -0.274. The van der Waals surface area contributed by atoms with Gasteiger partial charge in [0.05, 0.1) is 5.56 Å². The first kappa shape index (κ1) is 30.3. The van der Waals surface area contributed by atoms with Gasteiger partial charge in [0.2, 0.25) is 0 Å². The van der Waals surface area contributed by atoms with E-state index in [1.807, 2.05) is 42.5 Å². The van der Waals surface area contributed by atoms with Gasteiger partial charge < -0.3 is 14.6 Å². The molecule has 1 heterocycles. The zero-order valence-corrected chi connectivity index (χ0v) is 22.8. The minimum atomic E-state index is -4.74. The number of alkyl halides is 3. The molecular formula is C31H31F3N4O4. The molecule has 0 aliphatic carbocycles. The van der Waals surface area contributed by atoms with Gasteiger partial charge in [0.15, 0.2) is 5.82 Å². The van der Waals surface area contributed by atoms with Crippen molar-refractivity contribution in [3.05, 3.63) is 107 Å². The first-order chi connectivity index (χ1) is 20.2. The van der Waals surface area contributed by atoms with Gasteiger partial charge in [-0.05, 0) is 73.1 Å². The highest BCUT2D eigenvalue weighted by molar-refractivity contribution is 5.87. The number of carbonyl (C=O) groups is 1. The van der Waals surface area contributed by atoms with Gasteiger partial charge in [0, 0.05) is 12.0 Å². The molecule has 0 fully saturated rings. The average Bonchev–Trinajstić information content (AvgIpc) is 3.49. The number of tetrazole rings is 1. The molecule has 11 heteroatoms.